The van der Waals surface area contributed by atoms with Crippen molar-refractivity contribution in [1.82, 2.24) is 15.2 Å². The normalized spacial score (nSPS) is 12.2. The highest BCUT2D eigenvalue weighted by molar-refractivity contribution is 8.00. The van der Waals surface area contributed by atoms with Gasteiger partial charge in [0.1, 0.15) is 0 Å². The van der Waals surface area contributed by atoms with Gasteiger partial charge in [-0.05, 0) is 19.1 Å². The number of benzene rings is 1. The number of amides is 1. The quantitative estimate of drug-likeness (QED) is 0.568. The Morgan fingerprint density at radius 2 is 2.00 bits per heavy atom. The number of nitrogens with one attached hydrogen (secondary N) is 2. The first-order valence-corrected chi connectivity index (χ1v) is 7.68. The molecule has 112 valence electrons. The number of carbonyl (C=O) groups excluding carboxylic acids is 1. The number of aromatic amines is 1. The highest BCUT2D eigenvalue weighted by atomic mass is 35.5. The molecule has 21 heavy (non-hydrogen) atoms. The van der Waals surface area contributed by atoms with Crippen molar-refractivity contribution in [3.8, 4) is 0 Å². The van der Waals surface area contributed by atoms with Crippen molar-refractivity contribution < 1.29 is 4.79 Å². The lowest BCUT2D eigenvalue weighted by molar-refractivity contribution is -0.115. The van der Waals surface area contributed by atoms with E-state index in [9.17, 15) is 4.79 Å². The number of aromatic nitrogens is 3. The molecule has 0 unspecified atom stereocenters. The van der Waals surface area contributed by atoms with Crippen LogP contribution in [0.5, 0.6) is 0 Å². The third kappa shape index (κ3) is 4.16. The van der Waals surface area contributed by atoms with Gasteiger partial charge >= 0.3 is 0 Å². The van der Waals surface area contributed by atoms with Crippen molar-refractivity contribution >= 4 is 64.1 Å². The summed E-state index contributed by atoms with van der Waals surface area (Å²) in [7, 11) is 0. The van der Waals surface area contributed by atoms with Gasteiger partial charge in [-0.15, -0.1) is 5.10 Å². The number of H-pyrrole nitrogens is 1. The van der Waals surface area contributed by atoms with Crippen LogP contribution < -0.4 is 11.1 Å². The molecule has 0 fully saturated rings. The molecule has 0 bridgehead atoms. The minimum absolute atomic E-state index is 0.192. The molecule has 0 aliphatic heterocycles. The van der Waals surface area contributed by atoms with E-state index < -0.39 is 5.25 Å². The molecular weight excluding hydrogens is 357 g/mol. The zero-order valence-electron chi connectivity index (χ0n) is 10.7. The molecule has 0 spiro atoms. The lowest BCUT2D eigenvalue weighted by atomic mass is 10.3. The Labute approximate surface area is 139 Å². The third-order valence-electron chi connectivity index (χ3n) is 2.40. The summed E-state index contributed by atoms with van der Waals surface area (Å²) < 4.78 is 0. The second kappa shape index (κ2) is 6.74. The van der Waals surface area contributed by atoms with Crippen molar-refractivity contribution in [3.05, 3.63) is 27.2 Å². The predicted octanol–water partition coefficient (Wildman–Crippen LogP) is 3.47. The van der Waals surface area contributed by atoms with E-state index in [-0.39, 0.29) is 11.9 Å². The monoisotopic (exact) mass is 365 g/mol. The van der Waals surface area contributed by atoms with Crippen LogP contribution >= 0.6 is 46.6 Å². The first-order chi connectivity index (χ1) is 9.86. The number of nitrogen functional groups attached to an aromatic ring is 1. The molecule has 2 rings (SSSR count). The second-order valence-corrected chi connectivity index (χ2v) is 6.53. The van der Waals surface area contributed by atoms with Crippen LogP contribution in [0.1, 0.15) is 6.92 Å². The van der Waals surface area contributed by atoms with Crippen LogP contribution in [0.2, 0.25) is 15.1 Å². The van der Waals surface area contributed by atoms with E-state index in [0.29, 0.717) is 25.9 Å². The van der Waals surface area contributed by atoms with E-state index in [0.717, 1.165) is 11.8 Å². The minimum atomic E-state index is -0.453. The molecule has 1 heterocycles. The van der Waals surface area contributed by atoms with E-state index in [2.05, 4.69) is 20.5 Å². The number of nitrogens with two attached hydrogens (primary N) is 1. The molecule has 6 nitrogen and oxygen atoms in total. The van der Waals surface area contributed by atoms with Gasteiger partial charge < -0.3 is 11.1 Å². The largest absolute Gasteiger partial charge is 0.368 e. The smallest absolute Gasteiger partial charge is 0.237 e. The Kier molecular flexibility index (Phi) is 5.21. The zero-order chi connectivity index (χ0) is 15.6. The zero-order valence-corrected chi connectivity index (χ0v) is 13.7. The van der Waals surface area contributed by atoms with E-state index >= 15 is 0 Å². The second-order valence-electron chi connectivity index (χ2n) is 4.00. The Hall–Kier alpha value is -1.15. The molecule has 0 saturated carbocycles. The van der Waals surface area contributed by atoms with Crippen molar-refractivity contribution in [2.75, 3.05) is 11.1 Å². The van der Waals surface area contributed by atoms with Gasteiger partial charge in [0.25, 0.3) is 0 Å². The number of thioether (sulfide) groups is 1. The summed E-state index contributed by atoms with van der Waals surface area (Å²) in [6.45, 7) is 1.71. The summed E-state index contributed by atoms with van der Waals surface area (Å²) in [6.07, 6.45) is 0. The van der Waals surface area contributed by atoms with E-state index in [1.54, 1.807) is 6.92 Å². The van der Waals surface area contributed by atoms with Crippen LogP contribution in [0.3, 0.4) is 0 Å². The molecule has 1 aromatic heterocycles. The van der Waals surface area contributed by atoms with E-state index in [1.807, 2.05) is 0 Å². The highest BCUT2D eigenvalue weighted by Crippen LogP contribution is 2.32. The first kappa shape index (κ1) is 16.2. The van der Waals surface area contributed by atoms with Gasteiger partial charge in [0.2, 0.25) is 17.0 Å². The van der Waals surface area contributed by atoms with E-state index in [4.69, 9.17) is 40.5 Å². The minimum Gasteiger partial charge on any atom is -0.368 e. The molecule has 1 amide bonds. The van der Waals surface area contributed by atoms with Crippen molar-refractivity contribution in [1.29, 1.82) is 0 Å². The van der Waals surface area contributed by atoms with Crippen LogP contribution in [0, 0.1) is 0 Å². The standard InChI is InChI=1S/C11H10Cl3N5OS/c1-4(21-11-17-10(15)18-19-11)9(20)16-8-3-6(13)5(12)2-7(8)14/h2-4H,1H3,(H,16,20)(H3,15,17,18,19)/t4-/m0/s1. The van der Waals surface area contributed by atoms with E-state index in [1.165, 1.54) is 12.1 Å². The Morgan fingerprint density at radius 1 is 1.33 bits per heavy atom. The summed E-state index contributed by atoms with van der Waals surface area (Å²) in [5, 5.41) is 9.87. The fourth-order valence-corrected chi connectivity index (χ4v) is 2.70. The average Bonchev–Trinajstić information content (AvgIpc) is 2.81. The molecule has 2 aromatic rings. The van der Waals surface area contributed by atoms with Crippen molar-refractivity contribution in [2.24, 2.45) is 0 Å². The molecule has 0 aliphatic rings. The molecule has 0 radical (unpaired) electrons. The Morgan fingerprint density at radius 3 is 2.62 bits per heavy atom. The molecular formula is C11H10Cl3N5OS. The number of hydrogen-bond donors (Lipinski definition) is 3. The fraction of sp³-hybridized carbons (Fsp3) is 0.182. The fourth-order valence-electron chi connectivity index (χ4n) is 1.38. The van der Waals surface area contributed by atoms with Gasteiger partial charge in [0.05, 0.1) is 26.0 Å². The summed E-state index contributed by atoms with van der Waals surface area (Å²) in [5.74, 6) is -0.0821. The van der Waals surface area contributed by atoms with Crippen LogP contribution in [0.4, 0.5) is 11.6 Å². The van der Waals surface area contributed by atoms with Gasteiger partial charge in [-0.25, -0.2) is 5.10 Å². The molecule has 0 aliphatic carbocycles. The van der Waals surface area contributed by atoms with Crippen LogP contribution in [0.25, 0.3) is 0 Å². The van der Waals surface area contributed by atoms with Crippen molar-refractivity contribution in [2.45, 2.75) is 17.3 Å². The number of halogens is 3. The maximum Gasteiger partial charge on any atom is 0.237 e. The van der Waals surface area contributed by atoms with Crippen LogP contribution in [-0.2, 0) is 4.79 Å². The average molecular weight is 367 g/mol. The van der Waals surface area contributed by atoms with Crippen LogP contribution in [-0.4, -0.2) is 26.3 Å². The summed E-state index contributed by atoms with van der Waals surface area (Å²) in [6, 6.07) is 2.96. The molecule has 0 saturated heterocycles. The van der Waals surface area contributed by atoms with Gasteiger partial charge in [-0.1, -0.05) is 46.6 Å². The summed E-state index contributed by atoms with van der Waals surface area (Å²) >= 11 is 18.9. The Balaban J connectivity index is 2.05. The number of carbonyl (C=O) groups is 1. The predicted molar refractivity (Wildman–Crippen MR) is 86.2 cm³/mol. The van der Waals surface area contributed by atoms with Gasteiger partial charge in [0.15, 0.2) is 0 Å². The molecule has 1 atom stereocenters. The van der Waals surface area contributed by atoms with Gasteiger partial charge in [-0.2, -0.15) is 4.98 Å². The third-order valence-corrected chi connectivity index (χ3v) is 4.40. The number of nitrogens with zero attached hydrogens (tertiary/aromatic N) is 2. The maximum absolute atomic E-state index is 12.1. The number of hydrogen-bond acceptors (Lipinski definition) is 5. The number of anilines is 2. The Bertz CT molecular complexity index is 678. The van der Waals surface area contributed by atoms with Crippen LogP contribution in [0.15, 0.2) is 17.3 Å². The van der Waals surface area contributed by atoms with Crippen molar-refractivity contribution in [3.63, 3.8) is 0 Å². The topological polar surface area (TPSA) is 96.7 Å². The lowest BCUT2D eigenvalue weighted by Crippen LogP contribution is -2.22. The lowest BCUT2D eigenvalue weighted by Gasteiger charge is -2.12. The number of rotatable bonds is 4. The first-order valence-electron chi connectivity index (χ1n) is 5.66. The van der Waals surface area contributed by atoms with Gasteiger partial charge in [-0.3, -0.25) is 4.79 Å². The summed E-state index contributed by atoms with van der Waals surface area (Å²) in [5.41, 5.74) is 5.80. The highest BCUT2D eigenvalue weighted by Gasteiger charge is 2.18. The molecule has 1 aromatic carbocycles. The molecule has 4 N–H and O–H groups in total. The maximum atomic E-state index is 12.1. The SMILES string of the molecule is C[C@H](Sc1n[nH]c(N)n1)C(=O)Nc1cc(Cl)c(Cl)cc1Cl. The summed E-state index contributed by atoms with van der Waals surface area (Å²) in [4.78, 5) is 16.0. The van der Waals surface area contributed by atoms with Gasteiger partial charge in [0, 0.05) is 0 Å². The molecule has 10 heteroatoms.